The lowest BCUT2D eigenvalue weighted by atomic mass is 9.93. The Morgan fingerprint density at radius 1 is 1.03 bits per heavy atom. The Labute approximate surface area is 172 Å². The molecule has 2 N–H and O–H groups in total. The number of H-pyrrole nitrogens is 1. The van der Waals surface area contributed by atoms with Gasteiger partial charge in [0.05, 0.1) is 6.61 Å². The van der Waals surface area contributed by atoms with Gasteiger partial charge in [-0.15, -0.1) is 0 Å². The van der Waals surface area contributed by atoms with Crippen LogP contribution in [-0.4, -0.2) is 39.2 Å². The molecule has 1 aliphatic heterocycles. The summed E-state index contributed by atoms with van der Waals surface area (Å²) in [5.41, 5.74) is 7.49. The average molecular weight is 388 g/mol. The van der Waals surface area contributed by atoms with E-state index in [0.29, 0.717) is 6.04 Å². The van der Waals surface area contributed by atoms with Gasteiger partial charge in [0, 0.05) is 47.1 Å². The predicted octanol–water partition coefficient (Wildman–Crippen LogP) is 5.14. The third-order valence-corrected chi connectivity index (χ3v) is 6.49. The van der Waals surface area contributed by atoms with Gasteiger partial charge in [-0.3, -0.25) is 9.88 Å². The van der Waals surface area contributed by atoms with Crippen molar-refractivity contribution in [2.24, 2.45) is 0 Å². The Balaban J connectivity index is 1.41. The normalized spacial score (nSPS) is 20.3. The largest absolute Gasteiger partial charge is 0.395 e. The summed E-state index contributed by atoms with van der Waals surface area (Å²) in [6, 6.07) is 11.5. The summed E-state index contributed by atoms with van der Waals surface area (Å²) in [6.45, 7) is 2.20. The van der Waals surface area contributed by atoms with Crippen LogP contribution < -0.4 is 0 Å². The SMILES string of the molecule is OC[C@H]1CCCN1Cc1cc2cc(-c3cncc(C4=CCCCC4)c3)ccc2[nH]1. The highest BCUT2D eigenvalue weighted by Gasteiger charge is 2.24. The van der Waals surface area contributed by atoms with Crippen molar-refractivity contribution >= 4 is 16.5 Å². The van der Waals surface area contributed by atoms with Crippen LogP contribution in [0.4, 0.5) is 0 Å². The molecule has 1 atom stereocenters. The minimum Gasteiger partial charge on any atom is -0.395 e. The molecule has 0 amide bonds. The van der Waals surface area contributed by atoms with Gasteiger partial charge in [0.25, 0.3) is 0 Å². The molecule has 1 aliphatic carbocycles. The zero-order valence-electron chi connectivity index (χ0n) is 16.9. The number of aromatic amines is 1. The lowest BCUT2D eigenvalue weighted by molar-refractivity contribution is 0.152. The Morgan fingerprint density at radius 2 is 1.97 bits per heavy atom. The van der Waals surface area contributed by atoms with Gasteiger partial charge in [-0.1, -0.05) is 12.1 Å². The van der Waals surface area contributed by atoms with Gasteiger partial charge in [-0.05, 0) is 86.0 Å². The van der Waals surface area contributed by atoms with Crippen molar-refractivity contribution < 1.29 is 5.11 Å². The molecule has 4 heteroatoms. The van der Waals surface area contributed by atoms with E-state index in [1.54, 1.807) is 0 Å². The van der Waals surface area contributed by atoms with Crippen molar-refractivity contribution in [3.05, 3.63) is 60.1 Å². The second kappa shape index (κ2) is 8.13. The van der Waals surface area contributed by atoms with Gasteiger partial charge >= 0.3 is 0 Å². The fourth-order valence-corrected chi connectivity index (χ4v) is 4.86. The molecule has 29 heavy (non-hydrogen) atoms. The zero-order valence-corrected chi connectivity index (χ0v) is 16.9. The van der Waals surface area contributed by atoms with Crippen molar-refractivity contribution in [2.45, 2.75) is 51.1 Å². The summed E-state index contributed by atoms with van der Waals surface area (Å²) >= 11 is 0. The van der Waals surface area contributed by atoms with E-state index in [2.05, 4.69) is 51.3 Å². The number of benzene rings is 1. The van der Waals surface area contributed by atoms with Crippen molar-refractivity contribution in [3.63, 3.8) is 0 Å². The second-order valence-corrected chi connectivity index (χ2v) is 8.48. The van der Waals surface area contributed by atoms with Crippen molar-refractivity contribution in [2.75, 3.05) is 13.2 Å². The van der Waals surface area contributed by atoms with Gasteiger partial charge in [0.15, 0.2) is 0 Å². The van der Waals surface area contributed by atoms with Gasteiger partial charge in [-0.25, -0.2) is 0 Å². The Morgan fingerprint density at radius 3 is 2.83 bits per heavy atom. The van der Waals surface area contributed by atoms with E-state index in [9.17, 15) is 5.11 Å². The number of likely N-dealkylation sites (tertiary alicyclic amines) is 1. The zero-order chi connectivity index (χ0) is 19.6. The molecule has 4 nitrogen and oxygen atoms in total. The molecular formula is C25H29N3O. The van der Waals surface area contributed by atoms with E-state index in [1.807, 2.05) is 12.4 Å². The summed E-state index contributed by atoms with van der Waals surface area (Å²) < 4.78 is 0. The molecule has 1 saturated heterocycles. The molecule has 150 valence electrons. The Bertz CT molecular complexity index is 1040. The van der Waals surface area contributed by atoms with Crippen molar-refractivity contribution in [1.29, 1.82) is 0 Å². The number of hydrogen-bond acceptors (Lipinski definition) is 3. The molecule has 5 rings (SSSR count). The monoisotopic (exact) mass is 387 g/mol. The van der Waals surface area contributed by atoms with Gasteiger partial charge in [0.2, 0.25) is 0 Å². The number of nitrogens with zero attached hydrogens (tertiary/aromatic N) is 2. The number of nitrogens with one attached hydrogen (secondary N) is 1. The highest BCUT2D eigenvalue weighted by molar-refractivity contribution is 5.86. The highest BCUT2D eigenvalue weighted by Crippen LogP contribution is 2.31. The quantitative estimate of drug-likeness (QED) is 0.637. The Hall–Kier alpha value is -2.43. The van der Waals surface area contributed by atoms with Gasteiger partial charge < -0.3 is 10.1 Å². The maximum atomic E-state index is 9.57. The third-order valence-electron chi connectivity index (χ3n) is 6.49. The number of aliphatic hydroxyl groups is 1. The van der Waals surface area contributed by atoms with Crippen LogP contribution >= 0.6 is 0 Å². The van der Waals surface area contributed by atoms with Gasteiger partial charge in [0.1, 0.15) is 0 Å². The minimum atomic E-state index is 0.254. The maximum absolute atomic E-state index is 9.57. The highest BCUT2D eigenvalue weighted by atomic mass is 16.3. The fourth-order valence-electron chi connectivity index (χ4n) is 4.86. The van der Waals surface area contributed by atoms with E-state index in [-0.39, 0.29) is 6.61 Å². The molecule has 0 unspecified atom stereocenters. The number of fused-ring (bicyclic) bond motifs is 1. The van der Waals surface area contributed by atoms with Crippen molar-refractivity contribution in [1.82, 2.24) is 14.9 Å². The first-order chi connectivity index (χ1) is 14.3. The number of hydrogen-bond donors (Lipinski definition) is 2. The lowest BCUT2D eigenvalue weighted by Gasteiger charge is -2.21. The minimum absolute atomic E-state index is 0.254. The van der Waals surface area contributed by atoms with Crippen molar-refractivity contribution in [3.8, 4) is 11.1 Å². The first-order valence-corrected chi connectivity index (χ1v) is 10.9. The summed E-state index contributed by atoms with van der Waals surface area (Å²) in [6.07, 6.45) is 13.6. The van der Waals surface area contributed by atoms with E-state index >= 15 is 0 Å². The summed E-state index contributed by atoms with van der Waals surface area (Å²) in [5.74, 6) is 0. The maximum Gasteiger partial charge on any atom is 0.0587 e. The molecule has 0 radical (unpaired) electrons. The number of pyridine rings is 1. The summed E-state index contributed by atoms with van der Waals surface area (Å²) in [7, 11) is 0. The summed E-state index contributed by atoms with van der Waals surface area (Å²) in [4.78, 5) is 10.5. The van der Waals surface area contributed by atoms with E-state index < -0.39 is 0 Å². The smallest absolute Gasteiger partial charge is 0.0587 e. The second-order valence-electron chi connectivity index (χ2n) is 8.48. The molecule has 2 aliphatic rings. The molecule has 2 aromatic heterocycles. The molecule has 0 saturated carbocycles. The third kappa shape index (κ3) is 3.87. The van der Waals surface area contributed by atoms with Crippen LogP contribution in [0.3, 0.4) is 0 Å². The predicted molar refractivity (Wildman–Crippen MR) is 118 cm³/mol. The lowest BCUT2D eigenvalue weighted by Crippen LogP contribution is -2.31. The molecule has 1 aromatic carbocycles. The first-order valence-electron chi connectivity index (χ1n) is 10.9. The molecular weight excluding hydrogens is 358 g/mol. The standard InChI is InChI=1S/C25H29N3O/c29-17-24-7-4-10-28(24)16-23-13-20-11-19(8-9-25(20)27-23)22-12-21(14-26-15-22)18-5-2-1-3-6-18/h5,8-9,11-15,24,27,29H,1-4,6-7,10,16-17H2/t24-/m1/s1. The van der Waals surface area contributed by atoms with Gasteiger partial charge in [-0.2, -0.15) is 0 Å². The molecule has 0 spiro atoms. The van der Waals surface area contributed by atoms with Crippen LogP contribution in [-0.2, 0) is 6.54 Å². The molecule has 3 heterocycles. The van der Waals surface area contributed by atoms with Crippen LogP contribution in [0.25, 0.3) is 27.6 Å². The summed E-state index contributed by atoms with van der Waals surface area (Å²) in [5, 5.41) is 10.8. The average Bonchev–Trinajstić information content (AvgIpc) is 3.40. The first kappa shape index (κ1) is 18.6. The van der Waals surface area contributed by atoms with E-state index in [1.165, 1.54) is 64.5 Å². The molecule has 1 fully saturated rings. The Kier molecular flexibility index (Phi) is 5.21. The number of rotatable bonds is 5. The fraction of sp³-hybridized carbons (Fsp3) is 0.400. The van der Waals surface area contributed by atoms with Crippen LogP contribution in [0, 0.1) is 0 Å². The molecule has 0 bridgehead atoms. The van der Waals surface area contributed by atoms with Crippen LogP contribution in [0.5, 0.6) is 0 Å². The number of aliphatic hydroxyl groups excluding tert-OH is 1. The van der Waals surface area contributed by atoms with Crippen LogP contribution in [0.2, 0.25) is 0 Å². The van der Waals surface area contributed by atoms with Crippen LogP contribution in [0.1, 0.15) is 49.8 Å². The van der Waals surface area contributed by atoms with E-state index in [0.717, 1.165) is 25.9 Å². The number of aromatic nitrogens is 2. The van der Waals surface area contributed by atoms with Crippen LogP contribution in [0.15, 0.2) is 48.8 Å². The topological polar surface area (TPSA) is 52.1 Å². The van der Waals surface area contributed by atoms with E-state index in [4.69, 9.17) is 0 Å². The number of allylic oxidation sites excluding steroid dienone is 2. The molecule has 3 aromatic rings.